The third-order valence-corrected chi connectivity index (χ3v) is 3.29. The van der Waals surface area contributed by atoms with E-state index in [0.717, 1.165) is 11.1 Å². The summed E-state index contributed by atoms with van der Waals surface area (Å²) in [4.78, 5) is 21.9. The average molecular weight is 300 g/mol. The molecule has 1 atom stereocenters. The lowest BCUT2D eigenvalue weighted by Crippen LogP contribution is -2.31. The van der Waals surface area contributed by atoms with Crippen molar-refractivity contribution in [1.29, 1.82) is 0 Å². The first kappa shape index (κ1) is 15.5. The Kier molecular flexibility index (Phi) is 4.73. The first-order chi connectivity index (χ1) is 10.5. The van der Waals surface area contributed by atoms with Crippen molar-refractivity contribution in [2.45, 2.75) is 19.4 Å². The van der Waals surface area contributed by atoms with Gasteiger partial charge >= 0.3 is 5.97 Å². The summed E-state index contributed by atoms with van der Waals surface area (Å²) < 4.78 is 0. The van der Waals surface area contributed by atoms with Crippen LogP contribution in [-0.2, 0) is 11.2 Å². The van der Waals surface area contributed by atoms with Gasteiger partial charge in [-0.15, -0.1) is 0 Å². The second kappa shape index (κ2) is 6.71. The van der Waals surface area contributed by atoms with Crippen molar-refractivity contribution < 1.29 is 14.8 Å². The van der Waals surface area contributed by atoms with Crippen LogP contribution in [0.1, 0.15) is 11.1 Å². The van der Waals surface area contributed by atoms with Gasteiger partial charge in [-0.2, -0.15) is 0 Å². The number of nitrogens with zero attached hydrogens (tertiary/aromatic N) is 1. The molecule has 0 saturated heterocycles. The number of nitro benzene ring substituents is 1. The Morgan fingerprint density at radius 1 is 1.23 bits per heavy atom. The van der Waals surface area contributed by atoms with Gasteiger partial charge in [0.2, 0.25) is 0 Å². The van der Waals surface area contributed by atoms with E-state index < -0.39 is 16.9 Å². The van der Waals surface area contributed by atoms with E-state index in [2.05, 4.69) is 5.32 Å². The van der Waals surface area contributed by atoms with Gasteiger partial charge in [0, 0.05) is 12.5 Å². The molecule has 6 heteroatoms. The topological polar surface area (TPSA) is 92.5 Å². The average Bonchev–Trinajstić information content (AvgIpc) is 2.49. The molecule has 2 N–H and O–H groups in total. The Bertz CT molecular complexity index is 683. The molecule has 0 fully saturated rings. The van der Waals surface area contributed by atoms with Crippen LogP contribution in [0.4, 0.5) is 11.4 Å². The SMILES string of the molecule is Cc1ccc(CC(Nc2ccccc2[N+](=O)[O-])C(=O)O)cc1. The maximum Gasteiger partial charge on any atom is 0.326 e. The molecule has 0 heterocycles. The van der Waals surface area contributed by atoms with Crippen molar-refractivity contribution in [3.05, 3.63) is 69.8 Å². The number of benzene rings is 2. The van der Waals surface area contributed by atoms with Crippen molar-refractivity contribution in [1.82, 2.24) is 0 Å². The molecule has 0 aromatic heterocycles. The number of carbonyl (C=O) groups is 1. The van der Waals surface area contributed by atoms with Crippen molar-refractivity contribution >= 4 is 17.3 Å². The van der Waals surface area contributed by atoms with Gasteiger partial charge in [-0.25, -0.2) is 4.79 Å². The van der Waals surface area contributed by atoms with Crippen molar-refractivity contribution in [2.75, 3.05) is 5.32 Å². The van der Waals surface area contributed by atoms with Crippen LogP contribution < -0.4 is 5.32 Å². The summed E-state index contributed by atoms with van der Waals surface area (Å²) in [5.74, 6) is -1.06. The number of aryl methyl sites for hydroxylation is 1. The van der Waals surface area contributed by atoms with Crippen LogP contribution in [0.2, 0.25) is 0 Å². The number of carboxylic acid groups (broad SMARTS) is 1. The number of aliphatic carboxylic acids is 1. The van der Waals surface area contributed by atoms with Crippen molar-refractivity contribution in [3.8, 4) is 0 Å². The lowest BCUT2D eigenvalue weighted by molar-refractivity contribution is -0.384. The Balaban J connectivity index is 2.21. The summed E-state index contributed by atoms with van der Waals surface area (Å²) in [5, 5.41) is 23.1. The Labute approximate surface area is 127 Å². The summed E-state index contributed by atoms with van der Waals surface area (Å²) in [6, 6.07) is 12.6. The van der Waals surface area contributed by atoms with E-state index in [1.807, 2.05) is 31.2 Å². The summed E-state index contributed by atoms with van der Waals surface area (Å²) >= 11 is 0. The maximum absolute atomic E-state index is 11.4. The van der Waals surface area contributed by atoms with Crippen LogP contribution in [0.3, 0.4) is 0 Å². The molecule has 2 rings (SSSR count). The molecule has 1 unspecified atom stereocenters. The molecule has 0 bridgehead atoms. The number of carboxylic acids is 1. The van der Waals surface area contributed by atoms with Gasteiger partial charge in [-0.3, -0.25) is 10.1 Å². The van der Waals surface area contributed by atoms with E-state index in [4.69, 9.17) is 0 Å². The maximum atomic E-state index is 11.4. The van der Waals surface area contributed by atoms with Crippen LogP contribution in [0, 0.1) is 17.0 Å². The first-order valence-electron chi connectivity index (χ1n) is 6.75. The fraction of sp³-hybridized carbons (Fsp3) is 0.188. The van der Waals surface area contributed by atoms with Crippen molar-refractivity contribution in [3.63, 3.8) is 0 Å². The summed E-state index contributed by atoms with van der Waals surface area (Å²) in [7, 11) is 0. The summed E-state index contributed by atoms with van der Waals surface area (Å²) in [6.45, 7) is 1.95. The molecule has 0 radical (unpaired) electrons. The Morgan fingerprint density at radius 2 is 1.86 bits per heavy atom. The van der Waals surface area contributed by atoms with E-state index in [9.17, 15) is 20.0 Å². The third-order valence-electron chi connectivity index (χ3n) is 3.29. The number of nitrogens with one attached hydrogen (secondary N) is 1. The van der Waals surface area contributed by atoms with Gasteiger partial charge in [-0.05, 0) is 18.6 Å². The van der Waals surface area contributed by atoms with Gasteiger partial charge < -0.3 is 10.4 Å². The summed E-state index contributed by atoms with van der Waals surface area (Å²) in [5.41, 5.74) is 2.00. The van der Waals surface area contributed by atoms with E-state index in [1.165, 1.54) is 12.1 Å². The molecule has 0 aliphatic carbocycles. The molecule has 22 heavy (non-hydrogen) atoms. The normalized spacial score (nSPS) is 11.7. The number of rotatable bonds is 6. The zero-order valence-electron chi connectivity index (χ0n) is 12.0. The zero-order chi connectivity index (χ0) is 16.1. The number of para-hydroxylation sites is 2. The largest absolute Gasteiger partial charge is 0.480 e. The quantitative estimate of drug-likeness (QED) is 0.632. The van der Waals surface area contributed by atoms with Crippen LogP contribution in [0.15, 0.2) is 48.5 Å². The van der Waals surface area contributed by atoms with E-state index >= 15 is 0 Å². The van der Waals surface area contributed by atoms with E-state index in [-0.39, 0.29) is 17.8 Å². The highest BCUT2D eigenvalue weighted by molar-refractivity contribution is 5.79. The predicted octanol–water partition coefficient (Wildman–Crippen LogP) is 3.01. The highest BCUT2D eigenvalue weighted by atomic mass is 16.6. The third kappa shape index (κ3) is 3.82. The fourth-order valence-corrected chi connectivity index (χ4v) is 2.10. The second-order valence-electron chi connectivity index (χ2n) is 5.00. The van der Waals surface area contributed by atoms with Gasteiger partial charge in [0.1, 0.15) is 11.7 Å². The molecule has 0 aliphatic heterocycles. The van der Waals surface area contributed by atoms with Crippen LogP contribution >= 0.6 is 0 Å². The van der Waals surface area contributed by atoms with Gasteiger partial charge in [0.25, 0.3) is 5.69 Å². The minimum Gasteiger partial charge on any atom is -0.480 e. The molecule has 114 valence electrons. The number of nitro groups is 1. The molecular weight excluding hydrogens is 284 g/mol. The van der Waals surface area contributed by atoms with Crippen LogP contribution in [0.5, 0.6) is 0 Å². The molecule has 0 aliphatic rings. The van der Waals surface area contributed by atoms with Gasteiger partial charge in [0.05, 0.1) is 4.92 Å². The highest BCUT2D eigenvalue weighted by Gasteiger charge is 2.22. The number of hydrogen-bond acceptors (Lipinski definition) is 4. The lowest BCUT2D eigenvalue weighted by atomic mass is 10.0. The minimum absolute atomic E-state index is 0.141. The van der Waals surface area contributed by atoms with Gasteiger partial charge in [-0.1, -0.05) is 42.0 Å². The monoisotopic (exact) mass is 300 g/mol. The predicted molar refractivity (Wildman–Crippen MR) is 83.0 cm³/mol. The Morgan fingerprint density at radius 3 is 2.45 bits per heavy atom. The molecule has 2 aromatic carbocycles. The smallest absolute Gasteiger partial charge is 0.326 e. The molecule has 0 amide bonds. The first-order valence-corrected chi connectivity index (χ1v) is 6.75. The molecule has 0 spiro atoms. The Hall–Kier alpha value is -2.89. The second-order valence-corrected chi connectivity index (χ2v) is 5.00. The molecule has 2 aromatic rings. The van der Waals surface area contributed by atoms with Crippen molar-refractivity contribution in [2.24, 2.45) is 0 Å². The molecule has 0 saturated carbocycles. The fourth-order valence-electron chi connectivity index (χ4n) is 2.10. The van der Waals surface area contributed by atoms with E-state index in [1.54, 1.807) is 12.1 Å². The molecular formula is C16H16N2O4. The lowest BCUT2D eigenvalue weighted by Gasteiger charge is -2.16. The van der Waals surface area contributed by atoms with Crippen LogP contribution in [-0.4, -0.2) is 22.0 Å². The number of hydrogen-bond donors (Lipinski definition) is 2. The standard InChI is InChI=1S/C16H16N2O4/c1-11-6-8-12(9-7-11)10-14(16(19)20)17-13-4-2-3-5-15(13)18(21)22/h2-9,14,17H,10H2,1H3,(H,19,20). The minimum atomic E-state index is -1.06. The molecule has 6 nitrogen and oxygen atoms in total. The van der Waals surface area contributed by atoms with Gasteiger partial charge in [0.15, 0.2) is 0 Å². The highest BCUT2D eigenvalue weighted by Crippen LogP contribution is 2.24. The number of anilines is 1. The summed E-state index contributed by atoms with van der Waals surface area (Å²) in [6.07, 6.45) is 0.238. The zero-order valence-corrected chi connectivity index (χ0v) is 12.0. The van der Waals surface area contributed by atoms with E-state index in [0.29, 0.717) is 0 Å². The van der Waals surface area contributed by atoms with Crippen LogP contribution in [0.25, 0.3) is 0 Å².